The molecule has 6 heteroatoms. The standard InChI is InChI=1S/C19H18BrN3OS/c1-12-6-7-16(8-13(12)2)23-19(17(10-21)18(22)24)25-11-14-4-3-5-15(20)9-14/h3-9,23H,11H2,1-2H3,(H2,22,24)/b19-17+. The molecule has 0 aromatic heterocycles. The van der Waals surface area contributed by atoms with Crippen molar-refractivity contribution >= 4 is 39.3 Å². The Morgan fingerprint density at radius 2 is 2.00 bits per heavy atom. The van der Waals surface area contributed by atoms with Crippen molar-refractivity contribution in [1.29, 1.82) is 5.26 Å². The third-order valence-corrected chi connectivity index (χ3v) is 5.19. The maximum atomic E-state index is 11.6. The van der Waals surface area contributed by atoms with Crippen LogP contribution < -0.4 is 11.1 Å². The van der Waals surface area contributed by atoms with E-state index in [0.29, 0.717) is 10.8 Å². The molecule has 0 saturated heterocycles. The number of nitrogens with two attached hydrogens (primary N) is 1. The van der Waals surface area contributed by atoms with Crippen LogP contribution in [0.15, 0.2) is 57.5 Å². The third-order valence-electron chi connectivity index (χ3n) is 3.62. The molecule has 4 nitrogen and oxygen atoms in total. The molecule has 128 valence electrons. The number of aryl methyl sites for hydroxylation is 2. The monoisotopic (exact) mass is 415 g/mol. The number of benzene rings is 2. The van der Waals surface area contributed by atoms with Crippen LogP contribution in [0.25, 0.3) is 0 Å². The van der Waals surface area contributed by atoms with E-state index in [1.165, 1.54) is 17.3 Å². The molecule has 0 aliphatic carbocycles. The summed E-state index contributed by atoms with van der Waals surface area (Å²) in [7, 11) is 0. The third kappa shape index (κ3) is 5.38. The lowest BCUT2D eigenvalue weighted by Crippen LogP contribution is -2.16. The number of primary amides is 1. The number of hydrogen-bond acceptors (Lipinski definition) is 4. The van der Waals surface area contributed by atoms with Crippen LogP contribution in [0, 0.1) is 25.2 Å². The van der Waals surface area contributed by atoms with Crippen molar-refractivity contribution in [3.8, 4) is 6.07 Å². The molecule has 3 N–H and O–H groups in total. The highest BCUT2D eigenvalue weighted by Crippen LogP contribution is 2.28. The predicted octanol–water partition coefficient (Wildman–Crippen LogP) is 4.63. The van der Waals surface area contributed by atoms with Crippen molar-refractivity contribution < 1.29 is 4.79 Å². The molecule has 2 aromatic carbocycles. The Hall–Kier alpha value is -2.23. The van der Waals surface area contributed by atoms with Gasteiger partial charge in [0.1, 0.15) is 11.6 Å². The van der Waals surface area contributed by atoms with E-state index in [-0.39, 0.29) is 5.57 Å². The second kappa shape index (κ2) is 8.75. The summed E-state index contributed by atoms with van der Waals surface area (Å²) in [6.07, 6.45) is 0. The van der Waals surface area contributed by atoms with E-state index >= 15 is 0 Å². The maximum absolute atomic E-state index is 11.6. The van der Waals surface area contributed by atoms with E-state index in [4.69, 9.17) is 5.73 Å². The largest absolute Gasteiger partial charge is 0.365 e. The first-order valence-electron chi connectivity index (χ1n) is 7.56. The van der Waals surface area contributed by atoms with Gasteiger partial charge in [-0.25, -0.2) is 0 Å². The zero-order valence-electron chi connectivity index (χ0n) is 14.0. The van der Waals surface area contributed by atoms with Gasteiger partial charge in [0.2, 0.25) is 0 Å². The van der Waals surface area contributed by atoms with Crippen LogP contribution in [0.5, 0.6) is 0 Å². The summed E-state index contributed by atoms with van der Waals surface area (Å²) in [6.45, 7) is 4.04. The molecule has 2 rings (SSSR count). The summed E-state index contributed by atoms with van der Waals surface area (Å²) in [5.41, 5.74) is 9.48. The zero-order valence-corrected chi connectivity index (χ0v) is 16.4. The van der Waals surface area contributed by atoms with Crippen molar-refractivity contribution in [2.75, 3.05) is 5.32 Å². The smallest absolute Gasteiger partial charge is 0.262 e. The fourth-order valence-electron chi connectivity index (χ4n) is 2.12. The molecule has 0 heterocycles. The Balaban J connectivity index is 2.29. The van der Waals surface area contributed by atoms with Crippen LogP contribution in [0.3, 0.4) is 0 Å². The fraction of sp³-hybridized carbons (Fsp3) is 0.158. The van der Waals surface area contributed by atoms with Crippen LogP contribution in [-0.4, -0.2) is 5.91 Å². The van der Waals surface area contributed by atoms with Gasteiger partial charge in [-0.1, -0.05) is 34.1 Å². The molecule has 0 saturated carbocycles. The van der Waals surface area contributed by atoms with E-state index in [1.807, 2.05) is 62.4 Å². The fourth-order valence-corrected chi connectivity index (χ4v) is 3.54. The van der Waals surface area contributed by atoms with Crippen LogP contribution in [0.2, 0.25) is 0 Å². The summed E-state index contributed by atoms with van der Waals surface area (Å²) < 4.78 is 0.980. The van der Waals surface area contributed by atoms with E-state index in [1.54, 1.807) is 0 Å². The topological polar surface area (TPSA) is 78.9 Å². The number of amides is 1. The first-order valence-corrected chi connectivity index (χ1v) is 9.34. The summed E-state index contributed by atoms with van der Waals surface area (Å²) >= 11 is 4.81. The lowest BCUT2D eigenvalue weighted by molar-refractivity contribution is -0.114. The van der Waals surface area contributed by atoms with E-state index < -0.39 is 5.91 Å². The average Bonchev–Trinajstić information content (AvgIpc) is 2.56. The molecule has 0 atom stereocenters. The van der Waals surface area contributed by atoms with E-state index in [9.17, 15) is 10.1 Å². The number of anilines is 1. The summed E-state index contributed by atoms with van der Waals surface area (Å²) in [5, 5.41) is 12.9. The second-order valence-corrected chi connectivity index (χ2v) is 7.42. The van der Waals surface area contributed by atoms with Crippen molar-refractivity contribution in [3.63, 3.8) is 0 Å². The number of rotatable bonds is 6. The maximum Gasteiger partial charge on any atom is 0.262 e. The van der Waals surface area contributed by atoms with Crippen LogP contribution in [0.4, 0.5) is 5.69 Å². The second-order valence-electron chi connectivity index (χ2n) is 5.52. The predicted molar refractivity (Wildman–Crippen MR) is 107 cm³/mol. The minimum atomic E-state index is -0.740. The number of hydrogen-bond donors (Lipinski definition) is 2. The van der Waals surface area contributed by atoms with Crippen molar-refractivity contribution in [3.05, 3.63) is 74.2 Å². The van der Waals surface area contributed by atoms with Crippen LogP contribution in [-0.2, 0) is 10.5 Å². The van der Waals surface area contributed by atoms with Gasteiger partial charge in [0.05, 0.1) is 5.03 Å². The normalized spacial score (nSPS) is 11.4. The highest BCUT2D eigenvalue weighted by Gasteiger charge is 2.14. The molecule has 0 spiro atoms. The zero-order chi connectivity index (χ0) is 18.4. The number of carbonyl (C=O) groups is 1. The number of nitrogens with one attached hydrogen (secondary N) is 1. The quantitative estimate of drug-likeness (QED) is 0.532. The number of nitriles is 1. The lowest BCUT2D eigenvalue weighted by Gasteiger charge is -2.13. The first kappa shape index (κ1) is 19.1. The van der Waals surface area contributed by atoms with Crippen LogP contribution >= 0.6 is 27.7 Å². The SMILES string of the molecule is Cc1ccc(N/C(SCc2cccc(Br)c2)=C(/C#N)C(N)=O)cc1C. The molecule has 1 amide bonds. The summed E-state index contributed by atoms with van der Waals surface area (Å²) in [4.78, 5) is 11.6. The minimum absolute atomic E-state index is 0.0711. The highest BCUT2D eigenvalue weighted by atomic mass is 79.9. The van der Waals surface area contributed by atoms with E-state index in [2.05, 4.69) is 21.2 Å². The summed E-state index contributed by atoms with van der Waals surface area (Å²) in [6, 6.07) is 15.7. The van der Waals surface area contributed by atoms with Crippen molar-refractivity contribution in [2.24, 2.45) is 5.73 Å². The Bertz CT molecular complexity index is 871. The summed E-state index contributed by atoms with van der Waals surface area (Å²) in [5.74, 6) is -0.138. The Morgan fingerprint density at radius 1 is 1.24 bits per heavy atom. The van der Waals surface area contributed by atoms with Gasteiger partial charge in [-0.2, -0.15) is 5.26 Å². The Morgan fingerprint density at radius 3 is 2.60 bits per heavy atom. The molecule has 0 unspecified atom stereocenters. The average molecular weight is 416 g/mol. The van der Waals surface area contributed by atoms with Gasteiger partial charge in [0.15, 0.2) is 0 Å². The Kier molecular flexibility index (Phi) is 6.68. The van der Waals surface area contributed by atoms with Crippen LogP contribution in [0.1, 0.15) is 16.7 Å². The number of carbonyl (C=O) groups excluding carboxylic acids is 1. The van der Waals surface area contributed by atoms with Gasteiger partial charge in [0.25, 0.3) is 5.91 Å². The van der Waals surface area contributed by atoms with Crippen molar-refractivity contribution in [1.82, 2.24) is 0 Å². The molecular formula is C19H18BrN3OS. The number of halogens is 1. The molecule has 0 radical (unpaired) electrons. The molecule has 0 bridgehead atoms. The van der Waals surface area contributed by atoms with Gasteiger partial charge in [-0.05, 0) is 54.8 Å². The molecule has 2 aromatic rings. The molecule has 0 aliphatic rings. The van der Waals surface area contributed by atoms with Gasteiger partial charge in [0, 0.05) is 15.9 Å². The van der Waals surface area contributed by atoms with E-state index in [0.717, 1.165) is 21.3 Å². The lowest BCUT2D eigenvalue weighted by atomic mass is 10.1. The van der Waals surface area contributed by atoms with Gasteiger partial charge in [-0.3, -0.25) is 4.79 Å². The van der Waals surface area contributed by atoms with Gasteiger partial charge >= 0.3 is 0 Å². The van der Waals surface area contributed by atoms with Gasteiger partial charge < -0.3 is 11.1 Å². The number of nitrogens with zero attached hydrogens (tertiary/aromatic N) is 1. The van der Waals surface area contributed by atoms with Gasteiger partial charge in [-0.15, -0.1) is 11.8 Å². The highest BCUT2D eigenvalue weighted by molar-refractivity contribution is 9.10. The molecule has 0 aliphatic heterocycles. The first-order chi connectivity index (χ1) is 11.9. The van der Waals surface area contributed by atoms with Crippen molar-refractivity contribution in [2.45, 2.75) is 19.6 Å². The molecule has 25 heavy (non-hydrogen) atoms. The molecular weight excluding hydrogens is 398 g/mol. The Labute approximate surface area is 160 Å². The number of thioether (sulfide) groups is 1. The molecule has 0 fully saturated rings. The minimum Gasteiger partial charge on any atom is -0.365 e.